The molecule has 0 aliphatic rings. The summed E-state index contributed by atoms with van der Waals surface area (Å²) in [6, 6.07) is 11.5. The Bertz CT molecular complexity index is 1580. The van der Waals surface area contributed by atoms with Crippen LogP contribution in [0.2, 0.25) is 0 Å². The first-order chi connectivity index (χ1) is 21.5. The number of sulfonamides is 1. The number of carbonyl (C=O) groups excluding carboxylic acids is 3. The summed E-state index contributed by atoms with van der Waals surface area (Å²) in [5.41, 5.74) is 5.02. The number of rotatable bonds is 12. The Kier molecular flexibility index (Phi) is 12.4. The van der Waals surface area contributed by atoms with Crippen LogP contribution in [0.15, 0.2) is 71.1 Å². The van der Waals surface area contributed by atoms with E-state index in [-0.39, 0.29) is 16.4 Å². The summed E-state index contributed by atoms with van der Waals surface area (Å²) < 4.78 is 27.6. The van der Waals surface area contributed by atoms with E-state index in [2.05, 4.69) is 5.32 Å². The van der Waals surface area contributed by atoms with Crippen LogP contribution in [0.4, 0.5) is 10.5 Å². The molecule has 0 radical (unpaired) electrons. The highest BCUT2D eigenvalue weighted by Gasteiger charge is 2.45. The van der Waals surface area contributed by atoms with Gasteiger partial charge >= 0.3 is 6.09 Å². The molecule has 0 aliphatic heterocycles. The minimum atomic E-state index is -4.18. The quantitative estimate of drug-likeness (QED) is 0.193. The number of benzene rings is 2. The van der Waals surface area contributed by atoms with Crippen molar-refractivity contribution in [1.29, 1.82) is 0 Å². The monoisotopic (exact) mass is 671 g/mol. The molecule has 0 heterocycles. The van der Waals surface area contributed by atoms with Gasteiger partial charge in [0.15, 0.2) is 0 Å². The summed E-state index contributed by atoms with van der Waals surface area (Å²) in [4.78, 5) is 55.5. The number of nitrogens with one attached hydrogen (secondary N) is 2. The van der Waals surface area contributed by atoms with Crippen LogP contribution in [-0.2, 0) is 29.8 Å². The van der Waals surface area contributed by atoms with Gasteiger partial charge in [-0.05, 0) is 48.1 Å². The average Bonchev–Trinajstić information content (AvgIpc) is 2.97. The number of amides is 4. The third kappa shape index (κ3) is 9.57. The Hall–Kier alpha value is -4.39. The second-order valence-electron chi connectivity index (χ2n) is 13.7. The van der Waals surface area contributed by atoms with Crippen molar-refractivity contribution in [3.8, 4) is 0 Å². The lowest BCUT2D eigenvalue weighted by Gasteiger charge is -2.41. The molecule has 0 fully saturated rings. The predicted molar refractivity (Wildman–Crippen MR) is 182 cm³/mol. The molecule has 0 aliphatic carbocycles. The van der Waals surface area contributed by atoms with Gasteiger partial charge in [-0.25, -0.2) is 17.9 Å². The van der Waals surface area contributed by atoms with Crippen LogP contribution in [0, 0.1) is 11.3 Å². The molecule has 12 nitrogen and oxygen atoms in total. The molecule has 3 atom stereocenters. The second kappa shape index (κ2) is 15.0. The zero-order valence-corrected chi connectivity index (χ0v) is 29.7. The second-order valence-corrected chi connectivity index (χ2v) is 15.4. The van der Waals surface area contributed by atoms with E-state index in [4.69, 9.17) is 5.73 Å². The molecule has 2 aromatic rings. The molecule has 2 aromatic carbocycles. The molecule has 13 heteroatoms. The maximum absolute atomic E-state index is 14.2. The number of likely N-dealkylation sites (N-methyl/N-ethyl adjacent to an activating group) is 2. The smallest absolute Gasteiger partial charge is 0.407 e. The largest absolute Gasteiger partial charge is 0.465 e. The molecular weight excluding hydrogens is 622 g/mol. The Morgan fingerprint density at radius 2 is 1.43 bits per heavy atom. The average molecular weight is 672 g/mol. The summed E-state index contributed by atoms with van der Waals surface area (Å²) in [5, 5.41) is 12.7. The summed E-state index contributed by atoms with van der Waals surface area (Å²) in [7, 11) is -1.32. The van der Waals surface area contributed by atoms with Crippen LogP contribution >= 0.6 is 0 Å². The number of anilines is 1. The van der Waals surface area contributed by atoms with E-state index in [1.54, 1.807) is 53.8 Å². The molecule has 0 spiro atoms. The topological polar surface area (TPSA) is 179 Å². The van der Waals surface area contributed by atoms with Gasteiger partial charge < -0.3 is 21.1 Å². The maximum Gasteiger partial charge on any atom is 0.407 e. The van der Waals surface area contributed by atoms with Crippen LogP contribution < -0.4 is 15.8 Å². The molecule has 0 saturated heterocycles. The van der Waals surface area contributed by atoms with E-state index in [1.165, 1.54) is 49.2 Å². The number of hydrogen-bond acceptors (Lipinski definition) is 7. The van der Waals surface area contributed by atoms with Gasteiger partial charge in [-0.2, -0.15) is 0 Å². The van der Waals surface area contributed by atoms with E-state index in [1.807, 2.05) is 36.8 Å². The number of nitrogens with zero attached hydrogens (tertiary/aromatic N) is 2. The molecule has 2 rings (SSSR count). The normalized spacial score (nSPS) is 14.5. The Labute approximate surface area is 278 Å². The van der Waals surface area contributed by atoms with Crippen LogP contribution in [0.5, 0.6) is 0 Å². The standard InChI is InChI=1S/C34H49N5O7S/c1-21(2)26(20-22(3)29(40)37-47(45,46)25-18-16-24(35)17-19-25)38(9)31(42)27(33(4,5)6)36-30(41)28(39(10)32(43)44)34(7,8)23-14-12-11-13-15-23/h11-21,26-28H,35H2,1-10H3,(H,36,41)(H,37,40)(H,43,44)/b22-20+/t26-,27-,28-/m1/s1. The molecule has 5 N–H and O–H groups in total. The lowest BCUT2D eigenvalue weighted by Crippen LogP contribution is -2.62. The minimum Gasteiger partial charge on any atom is -0.465 e. The van der Waals surface area contributed by atoms with E-state index >= 15 is 0 Å². The molecule has 47 heavy (non-hydrogen) atoms. The summed E-state index contributed by atoms with van der Waals surface area (Å²) in [5.74, 6) is -2.21. The number of carbonyl (C=O) groups is 4. The molecule has 258 valence electrons. The summed E-state index contributed by atoms with van der Waals surface area (Å²) in [6.07, 6.45) is 0.208. The molecular formula is C34H49N5O7S. The SMILES string of the molecule is C/C(=C\[C@H](C(C)C)N(C)C(=O)[C@@H](NC(=O)[C@@H](N(C)C(=O)O)C(C)(C)c1ccccc1)C(C)(C)C)C(=O)NS(=O)(=O)c1ccc(N)cc1. The molecule has 0 bridgehead atoms. The van der Waals surface area contributed by atoms with Crippen molar-refractivity contribution in [3.05, 3.63) is 71.8 Å². The van der Waals surface area contributed by atoms with E-state index < -0.39 is 62.8 Å². The fourth-order valence-corrected chi connectivity index (χ4v) is 6.35. The van der Waals surface area contributed by atoms with Gasteiger partial charge in [0.05, 0.1) is 10.9 Å². The maximum atomic E-state index is 14.2. The van der Waals surface area contributed by atoms with Crippen molar-refractivity contribution >= 4 is 39.5 Å². The number of hydrogen-bond donors (Lipinski definition) is 4. The van der Waals surface area contributed by atoms with Crippen molar-refractivity contribution in [2.75, 3.05) is 19.8 Å². The third-order valence-electron chi connectivity index (χ3n) is 8.21. The van der Waals surface area contributed by atoms with Gasteiger partial charge in [0, 0.05) is 30.8 Å². The van der Waals surface area contributed by atoms with Crippen molar-refractivity contribution in [3.63, 3.8) is 0 Å². The van der Waals surface area contributed by atoms with E-state index in [9.17, 15) is 32.7 Å². The minimum absolute atomic E-state index is 0.0615. The number of nitrogens with two attached hydrogens (primary N) is 1. The first-order valence-electron chi connectivity index (χ1n) is 15.2. The van der Waals surface area contributed by atoms with E-state index in [0.29, 0.717) is 5.69 Å². The van der Waals surface area contributed by atoms with Gasteiger partial charge in [0.2, 0.25) is 11.8 Å². The van der Waals surface area contributed by atoms with Crippen LogP contribution in [0.1, 0.15) is 61.0 Å². The summed E-state index contributed by atoms with van der Waals surface area (Å²) >= 11 is 0. The zero-order chi connectivity index (χ0) is 36.1. The third-order valence-corrected chi connectivity index (χ3v) is 9.56. The van der Waals surface area contributed by atoms with Crippen molar-refractivity contribution < 1.29 is 32.7 Å². The van der Waals surface area contributed by atoms with Gasteiger partial charge in [-0.3, -0.25) is 19.3 Å². The van der Waals surface area contributed by atoms with Crippen molar-refractivity contribution in [2.45, 2.75) is 83.8 Å². The highest BCUT2D eigenvalue weighted by molar-refractivity contribution is 7.90. The molecule has 0 aromatic heterocycles. The van der Waals surface area contributed by atoms with Gasteiger partial charge in [-0.15, -0.1) is 0 Å². The van der Waals surface area contributed by atoms with Crippen molar-refractivity contribution in [2.24, 2.45) is 11.3 Å². The Morgan fingerprint density at radius 1 is 0.894 bits per heavy atom. The molecule has 4 amide bonds. The van der Waals surface area contributed by atoms with E-state index in [0.717, 1.165) is 10.5 Å². The lowest BCUT2D eigenvalue weighted by atomic mass is 9.76. The first-order valence-corrected chi connectivity index (χ1v) is 16.7. The van der Waals surface area contributed by atoms with Gasteiger partial charge in [0.25, 0.3) is 15.9 Å². The Morgan fingerprint density at radius 3 is 1.89 bits per heavy atom. The summed E-state index contributed by atoms with van der Waals surface area (Å²) in [6.45, 7) is 14.0. The highest BCUT2D eigenvalue weighted by Crippen LogP contribution is 2.32. The predicted octanol–water partition coefficient (Wildman–Crippen LogP) is 3.99. The van der Waals surface area contributed by atoms with Gasteiger partial charge in [0.1, 0.15) is 12.1 Å². The first kappa shape index (κ1) is 38.8. The van der Waals surface area contributed by atoms with Crippen molar-refractivity contribution in [1.82, 2.24) is 19.8 Å². The Balaban J connectivity index is 2.42. The number of nitrogen functional groups attached to an aromatic ring is 1. The van der Waals surface area contributed by atoms with Crippen LogP contribution in [0.25, 0.3) is 0 Å². The lowest BCUT2D eigenvalue weighted by molar-refractivity contribution is -0.141. The fourth-order valence-electron chi connectivity index (χ4n) is 5.34. The fraction of sp³-hybridized carbons (Fsp3) is 0.471. The van der Waals surface area contributed by atoms with Gasteiger partial charge in [-0.1, -0.05) is 84.9 Å². The highest BCUT2D eigenvalue weighted by atomic mass is 32.2. The zero-order valence-electron chi connectivity index (χ0n) is 28.9. The molecule has 0 unspecified atom stereocenters. The molecule has 0 saturated carbocycles. The van der Waals surface area contributed by atoms with Crippen LogP contribution in [-0.4, -0.2) is 79.4 Å². The number of carboxylic acid groups (broad SMARTS) is 1. The van der Waals surface area contributed by atoms with Crippen LogP contribution in [0.3, 0.4) is 0 Å².